The number of primary amides is 1. The van der Waals surface area contributed by atoms with Crippen molar-refractivity contribution in [2.24, 2.45) is 5.73 Å². The summed E-state index contributed by atoms with van der Waals surface area (Å²) in [5, 5.41) is 8.76. The predicted octanol–water partition coefficient (Wildman–Crippen LogP) is 2.08. The number of carbonyl (C=O) groups excluding carboxylic acids is 1. The Hall–Kier alpha value is -2.56. The minimum absolute atomic E-state index is 0.0182. The largest absolute Gasteiger partial charge is 0.378 e. The minimum atomic E-state index is -4.22. The molecule has 6 nitrogen and oxygen atoms in total. The number of halogens is 1. The molecule has 8 heteroatoms. The van der Waals surface area contributed by atoms with Gasteiger partial charge in [0.25, 0.3) is 5.91 Å². The van der Waals surface area contributed by atoms with Crippen LogP contribution in [0.4, 0.5) is 0 Å². The molecule has 1 amide bonds. The molecule has 0 unspecified atom stereocenters. The molecule has 0 bridgehead atoms. The van der Waals surface area contributed by atoms with Crippen LogP contribution < -0.4 is 9.92 Å². The van der Waals surface area contributed by atoms with E-state index in [2.05, 4.69) is 0 Å². The highest BCUT2D eigenvalue weighted by Crippen LogP contribution is 2.25. The fourth-order valence-electron chi connectivity index (χ4n) is 1.65. The third kappa shape index (κ3) is 3.19. The van der Waals surface area contributed by atoms with Gasteiger partial charge in [0.05, 0.1) is 16.1 Å². The first kappa shape index (κ1) is 15.8. The number of amides is 1. The molecule has 2 aromatic rings. The van der Waals surface area contributed by atoms with Crippen LogP contribution >= 0.6 is 11.6 Å². The minimum Gasteiger partial charge on any atom is -0.378 e. The molecule has 112 valence electrons. The molecule has 2 aromatic carbocycles. The average Bonchev–Trinajstić information content (AvgIpc) is 2.47. The Kier molecular flexibility index (Phi) is 4.35. The number of hydrogen-bond donors (Lipinski definition) is 1. The van der Waals surface area contributed by atoms with E-state index in [1.807, 2.05) is 6.07 Å². The first-order valence-corrected chi connectivity index (χ1v) is 7.67. The zero-order valence-corrected chi connectivity index (χ0v) is 12.6. The van der Waals surface area contributed by atoms with Crippen molar-refractivity contribution >= 4 is 27.6 Å². The summed E-state index contributed by atoms with van der Waals surface area (Å²) in [7, 11) is -4.22. The Balaban J connectivity index is 2.43. The fourth-order valence-corrected chi connectivity index (χ4v) is 2.91. The standard InChI is InChI=1S/C14H9ClN2O4S/c15-12-7-10(6-5-9(12)8-16)22(19,20)21-13-4-2-1-3-11(13)14(17)18/h1-7H,(H2,17,18). The first-order valence-electron chi connectivity index (χ1n) is 5.88. The monoisotopic (exact) mass is 336 g/mol. The molecule has 0 radical (unpaired) electrons. The van der Waals surface area contributed by atoms with Gasteiger partial charge in [0, 0.05) is 0 Å². The molecular formula is C14H9ClN2O4S. The van der Waals surface area contributed by atoms with E-state index >= 15 is 0 Å². The van der Waals surface area contributed by atoms with Crippen LogP contribution in [0.25, 0.3) is 0 Å². The molecule has 0 aliphatic carbocycles. The topological polar surface area (TPSA) is 110 Å². The number of rotatable bonds is 4. The lowest BCUT2D eigenvalue weighted by Crippen LogP contribution is -2.16. The van der Waals surface area contributed by atoms with Gasteiger partial charge < -0.3 is 9.92 Å². The van der Waals surface area contributed by atoms with Crippen LogP contribution in [0.5, 0.6) is 5.75 Å². The van der Waals surface area contributed by atoms with E-state index in [9.17, 15) is 13.2 Å². The number of hydrogen-bond acceptors (Lipinski definition) is 5. The maximum absolute atomic E-state index is 12.2. The molecule has 0 saturated carbocycles. The van der Waals surface area contributed by atoms with Crippen molar-refractivity contribution < 1.29 is 17.4 Å². The van der Waals surface area contributed by atoms with Crippen LogP contribution in [0.2, 0.25) is 5.02 Å². The summed E-state index contributed by atoms with van der Waals surface area (Å²) in [5.74, 6) is -1.00. The van der Waals surface area contributed by atoms with E-state index in [-0.39, 0.29) is 26.8 Å². The Morgan fingerprint density at radius 2 is 1.91 bits per heavy atom. The lowest BCUT2D eigenvalue weighted by molar-refractivity contribution is 0.0999. The second-order valence-corrected chi connectivity index (χ2v) is 6.10. The molecule has 22 heavy (non-hydrogen) atoms. The average molecular weight is 337 g/mol. The van der Waals surface area contributed by atoms with E-state index in [4.69, 9.17) is 26.8 Å². The van der Waals surface area contributed by atoms with E-state index < -0.39 is 16.0 Å². The molecule has 2 rings (SSSR count). The molecule has 0 saturated heterocycles. The summed E-state index contributed by atoms with van der Waals surface area (Å²) in [6.45, 7) is 0. The number of para-hydroxylation sites is 1. The lowest BCUT2D eigenvalue weighted by atomic mass is 10.2. The van der Waals surface area contributed by atoms with Crippen LogP contribution in [0.3, 0.4) is 0 Å². The summed E-state index contributed by atoms with van der Waals surface area (Å²) in [5.41, 5.74) is 5.24. The van der Waals surface area contributed by atoms with E-state index in [1.165, 1.54) is 36.4 Å². The van der Waals surface area contributed by atoms with E-state index in [0.717, 1.165) is 6.07 Å². The summed E-state index contributed by atoms with van der Waals surface area (Å²) in [6, 6.07) is 11.1. The van der Waals surface area contributed by atoms with Gasteiger partial charge in [0.1, 0.15) is 11.0 Å². The van der Waals surface area contributed by atoms with Crippen molar-refractivity contribution in [3.8, 4) is 11.8 Å². The zero-order chi connectivity index (χ0) is 16.3. The summed E-state index contributed by atoms with van der Waals surface area (Å²) in [4.78, 5) is 11.0. The van der Waals surface area contributed by atoms with Crippen LogP contribution in [-0.2, 0) is 10.1 Å². The molecule has 0 aliphatic heterocycles. The molecular weight excluding hydrogens is 328 g/mol. The molecule has 0 fully saturated rings. The third-order valence-corrected chi connectivity index (χ3v) is 4.24. The number of benzene rings is 2. The van der Waals surface area contributed by atoms with Crippen LogP contribution in [0, 0.1) is 11.3 Å². The Labute approximate surface area is 131 Å². The van der Waals surface area contributed by atoms with Crippen LogP contribution in [-0.4, -0.2) is 14.3 Å². The maximum Gasteiger partial charge on any atom is 0.339 e. The van der Waals surface area contributed by atoms with Crippen molar-refractivity contribution in [1.82, 2.24) is 0 Å². The van der Waals surface area contributed by atoms with Crippen molar-refractivity contribution in [3.63, 3.8) is 0 Å². The van der Waals surface area contributed by atoms with Crippen molar-refractivity contribution in [1.29, 1.82) is 5.26 Å². The second kappa shape index (κ2) is 6.05. The van der Waals surface area contributed by atoms with Crippen LogP contribution in [0.1, 0.15) is 15.9 Å². The van der Waals surface area contributed by atoms with Gasteiger partial charge in [-0.05, 0) is 30.3 Å². The van der Waals surface area contributed by atoms with Crippen molar-refractivity contribution in [2.45, 2.75) is 4.90 Å². The second-order valence-electron chi connectivity index (χ2n) is 4.15. The Bertz CT molecular complexity index is 888. The number of nitrogens with zero attached hydrogens (tertiary/aromatic N) is 1. The summed E-state index contributed by atoms with van der Waals surface area (Å²) < 4.78 is 29.4. The van der Waals surface area contributed by atoms with E-state index in [0.29, 0.717) is 0 Å². The summed E-state index contributed by atoms with van der Waals surface area (Å²) >= 11 is 5.80. The highest BCUT2D eigenvalue weighted by Gasteiger charge is 2.21. The maximum atomic E-state index is 12.2. The normalized spacial score (nSPS) is 10.7. The lowest BCUT2D eigenvalue weighted by Gasteiger charge is -2.10. The number of nitrogens with two attached hydrogens (primary N) is 1. The molecule has 2 N–H and O–H groups in total. The van der Waals surface area contributed by atoms with Gasteiger partial charge in [-0.3, -0.25) is 4.79 Å². The Morgan fingerprint density at radius 1 is 1.23 bits per heavy atom. The molecule has 0 aromatic heterocycles. The van der Waals surface area contributed by atoms with Gasteiger partial charge in [-0.1, -0.05) is 23.7 Å². The van der Waals surface area contributed by atoms with E-state index in [1.54, 1.807) is 0 Å². The zero-order valence-electron chi connectivity index (χ0n) is 11.0. The van der Waals surface area contributed by atoms with Gasteiger partial charge in [-0.2, -0.15) is 13.7 Å². The van der Waals surface area contributed by atoms with Crippen molar-refractivity contribution in [3.05, 3.63) is 58.6 Å². The highest BCUT2D eigenvalue weighted by atomic mass is 35.5. The SMILES string of the molecule is N#Cc1ccc(S(=O)(=O)Oc2ccccc2C(N)=O)cc1Cl. The first-order chi connectivity index (χ1) is 10.3. The Morgan fingerprint density at radius 3 is 2.50 bits per heavy atom. The number of nitriles is 1. The smallest absolute Gasteiger partial charge is 0.339 e. The quantitative estimate of drug-likeness (QED) is 0.859. The molecule has 0 aliphatic rings. The predicted molar refractivity (Wildman–Crippen MR) is 78.9 cm³/mol. The van der Waals surface area contributed by atoms with Crippen LogP contribution in [0.15, 0.2) is 47.4 Å². The van der Waals surface area contributed by atoms with Gasteiger partial charge >= 0.3 is 10.1 Å². The third-order valence-electron chi connectivity index (χ3n) is 2.70. The molecule has 0 spiro atoms. The molecule has 0 atom stereocenters. The van der Waals surface area contributed by atoms with Gasteiger partial charge in [0.15, 0.2) is 5.75 Å². The summed E-state index contributed by atoms with van der Waals surface area (Å²) in [6.07, 6.45) is 0. The molecule has 0 heterocycles. The highest BCUT2D eigenvalue weighted by molar-refractivity contribution is 7.87. The van der Waals surface area contributed by atoms with Crippen molar-refractivity contribution in [2.75, 3.05) is 0 Å². The fraction of sp³-hybridized carbons (Fsp3) is 0. The van der Waals surface area contributed by atoms with Gasteiger partial charge in [-0.15, -0.1) is 0 Å². The van der Waals surface area contributed by atoms with Gasteiger partial charge in [-0.25, -0.2) is 0 Å². The van der Waals surface area contributed by atoms with Gasteiger partial charge in [0.2, 0.25) is 0 Å². The number of carbonyl (C=O) groups is 1.